The average molecular weight is 526 g/mol. The summed E-state index contributed by atoms with van der Waals surface area (Å²) in [5.41, 5.74) is 0. The maximum atomic E-state index is 13.4. The highest BCUT2D eigenvalue weighted by Gasteiger charge is 2.74. The first-order valence-electron chi connectivity index (χ1n) is 8.44. The predicted molar refractivity (Wildman–Crippen MR) is 78.2 cm³/mol. The summed E-state index contributed by atoms with van der Waals surface area (Å²) in [5.74, 6) is -0.522. The summed E-state index contributed by atoms with van der Waals surface area (Å²) in [7, 11) is 0. The van der Waals surface area contributed by atoms with Gasteiger partial charge in [-0.2, -0.15) is 43.9 Å². The van der Waals surface area contributed by atoms with Crippen molar-refractivity contribution in [2.75, 3.05) is 6.61 Å². The molecule has 0 saturated carbocycles. The summed E-state index contributed by atoms with van der Waals surface area (Å²) in [6.45, 7) is 2.05. The second kappa shape index (κ2) is 10.8. The van der Waals surface area contributed by atoms with Gasteiger partial charge < -0.3 is 4.74 Å². The van der Waals surface area contributed by atoms with Crippen LogP contribution in [0.15, 0.2) is 12.3 Å². The van der Waals surface area contributed by atoms with Crippen molar-refractivity contribution in [2.24, 2.45) is 0 Å². The van der Waals surface area contributed by atoms with Crippen LogP contribution in [0.2, 0.25) is 0 Å². The number of alkyl halides is 14. The van der Waals surface area contributed by atoms with E-state index >= 15 is 0 Å². The number of unbranched alkanes of at least 4 members (excludes halogenated alkanes) is 1. The van der Waals surface area contributed by atoms with E-state index in [0.717, 1.165) is 0 Å². The summed E-state index contributed by atoms with van der Waals surface area (Å²) in [4.78, 5) is 0. The van der Waals surface area contributed by atoms with Crippen molar-refractivity contribution in [1.82, 2.24) is 0 Å². The van der Waals surface area contributed by atoms with Crippen LogP contribution in [0.25, 0.3) is 0 Å². The maximum Gasteiger partial charge on any atom is 0.527 e. The average Bonchev–Trinajstić information content (AvgIpc) is 2.52. The lowest BCUT2D eigenvalue weighted by Gasteiger charge is -2.33. The molecule has 0 aliphatic carbocycles. The minimum absolute atomic E-state index is 0.0749. The van der Waals surface area contributed by atoms with Crippen LogP contribution >= 0.6 is 0 Å². The Balaban J connectivity index is 5.10. The van der Waals surface area contributed by atoms with Crippen LogP contribution in [0, 0.1) is 0 Å². The van der Waals surface area contributed by atoms with Gasteiger partial charge in [0.25, 0.3) is 0 Å². The van der Waals surface area contributed by atoms with Crippen LogP contribution < -0.4 is 0 Å². The predicted octanol–water partition coefficient (Wildman–Crippen LogP) is 6.97. The molecule has 0 aromatic heterocycles. The molecule has 0 spiro atoms. The van der Waals surface area contributed by atoms with Crippen molar-refractivity contribution in [3.05, 3.63) is 12.3 Å². The van der Waals surface area contributed by atoms with Crippen molar-refractivity contribution in [1.29, 1.82) is 0 Å². The first-order chi connectivity index (χ1) is 14.4. The van der Waals surface area contributed by atoms with Gasteiger partial charge in [-0.3, -0.25) is 0 Å². The molecule has 1 atom stereocenters. The molecule has 0 bridgehead atoms. The molecule has 0 aliphatic heterocycles. The van der Waals surface area contributed by atoms with Crippen molar-refractivity contribution in [2.45, 2.75) is 75.7 Å². The van der Waals surface area contributed by atoms with Crippen LogP contribution in [-0.4, -0.2) is 49.7 Å². The number of allylic oxidation sites excluding steroid dienone is 1. The number of hydrogen-bond donors (Lipinski definition) is 0. The zero-order valence-corrected chi connectivity index (χ0v) is 16.2. The number of rotatable bonds is 15. The minimum Gasteiger partial charge on any atom is -0.489 e. The highest BCUT2D eigenvalue weighted by Crippen LogP contribution is 2.48. The molecule has 0 amide bonds. The van der Waals surface area contributed by atoms with E-state index in [1.807, 2.05) is 0 Å². The summed E-state index contributed by atoms with van der Waals surface area (Å²) in [5, 5.41) is 0. The number of hydrogen-bond acceptors (Lipinski definition) is 4. The molecule has 0 rings (SSSR count). The molecule has 0 radical (unpaired) electrons. The maximum absolute atomic E-state index is 13.4. The van der Waals surface area contributed by atoms with Crippen LogP contribution in [0.4, 0.5) is 61.5 Å². The third kappa shape index (κ3) is 10.9. The quantitative estimate of drug-likeness (QED) is 0.131. The Morgan fingerprint density at radius 3 is 1.55 bits per heavy atom. The molecule has 0 fully saturated rings. The van der Waals surface area contributed by atoms with Crippen molar-refractivity contribution in [3.63, 3.8) is 0 Å². The Bertz CT molecular complexity index is 633. The largest absolute Gasteiger partial charge is 0.527 e. The Labute approximate surface area is 176 Å². The summed E-state index contributed by atoms with van der Waals surface area (Å²) in [6, 6.07) is 0. The van der Waals surface area contributed by atoms with Gasteiger partial charge in [-0.25, -0.2) is 18.6 Å². The van der Waals surface area contributed by atoms with Crippen LogP contribution in [-0.2, 0) is 18.9 Å². The smallest absolute Gasteiger partial charge is 0.489 e. The van der Waals surface area contributed by atoms with E-state index in [4.69, 9.17) is 0 Å². The molecule has 0 saturated heterocycles. The molecular formula is C15H16F14O4. The van der Waals surface area contributed by atoms with E-state index in [0.29, 0.717) is 0 Å². The molecular weight excluding hydrogens is 510 g/mol. The summed E-state index contributed by atoms with van der Waals surface area (Å²) in [6.07, 6.45) is -40.8. The van der Waals surface area contributed by atoms with Gasteiger partial charge in [0.1, 0.15) is 0 Å². The van der Waals surface area contributed by atoms with Gasteiger partial charge in [-0.15, -0.1) is 13.2 Å². The molecule has 0 heterocycles. The molecule has 0 aromatic carbocycles. The van der Waals surface area contributed by atoms with Gasteiger partial charge in [0, 0.05) is 6.42 Å². The van der Waals surface area contributed by atoms with E-state index < -0.39 is 55.4 Å². The number of halogens is 14. The van der Waals surface area contributed by atoms with Gasteiger partial charge in [-0.05, 0) is 19.8 Å². The molecule has 198 valence electrons. The first-order valence-corrected chi connectivity index (χ1v) is 8.44. The molecule has 0 aliphatic rings. The SMILES string of the molecule is C=C(CCCCC(C)F)OCC(F)(F)OC(F)(F)C(F)(F)OC(F)(F)C(F)(F)OC(F)(F)F. The van der Waals surface area contributed by atoms with Gasteiger partial charge in [-0.1, -0.05) is 13.0 Å². The monoisotopic (exact) mass is 526 g/mol. The van der Waals surface area contributed by atoms with Gasteiger partial charge >= 0.3 is 36.9 Å². The molecule has 0 N–H and O–H groups in total. The zero-order valence-electron chi connectivity index (χ0n) is 16.2. The fourth-order valence-electron chi connectivity index (χ4n) is 1.77. The Hall–Kier alpha value is -1.56. The van der Waals surface area contributed by atoms with Gasteiger partial charge in [0.2, 0.25) is 0 Å². The molecule has 4 nitrogen and oxygen atoms in total. The number of ether oxygens (including phenoxy) is 4. The Morgan fingerprint density at radius 2 is 1.12 bits per heavy atom. The highest BCUT2D eigenvalue weighted by atomic mass is 19.4. The van der Waals surface area contributed by atoms with Crippen LogP contribution in [0.1, 0.15) is 32.6 Å². The lowest BCUT2D eigenvalue weighted by Crippen LogP contribution is -2.57. The lowest BCUT2D eigenvalue weighted by atomic mass is 10.1. The van der Waals surface area contributed by atoms with Crippen molar-refractivity contribution >= 4 is 0 Å². The van der Waals surface area contributed by atoms with Gasteiger partial charge in [0.05, 0.1) is 11.9 Å². The zero-order chi connectivity index (χ0) is 26.5. The van der Waals surface area contributed by atoms with E-state index in [1.165, 1.54) is 6.92 Å². The molecule has 1 unspecified atom stereocenters. The van der Waals surface area contributed by atoms with Crippen LogP contribution in [0.5, 0.6) is 0 Å². The summed E-state index contributed by atoms with van der Waals surface area (Å²) >= 11 is 0. The fraction of sp³-hybridized carbons (Fsp3) is 0.867. The van der Waals surface area contributed by atoms with E-state index in [1.54, 1.807) is 9.47 Å². The van der Waals surface area contributed by atoms with E-state index in [9.17, 15) is 61.5 Å². The van der Waals surface area contributed by atoms with Crippen molar-refractivity contribution in [3.8, 4) is 0 Å². The molecule has 18 heteroatoms. The van der Waals surface area contributed by atoms with Crippen LogP contribution in [0.3, 0.4) is 0 Å². The molecule has 33 heavy (non-hydrogen) atoms. The highest BCUT2D eigenvalue weighted by molar-refractivity contribution is 4.83. The summed E-state index contributed by atoms with van der Waals surface area (Å²) < 4.78 is 188. The Kier molecular flexibility index (Phi) is 10.3. The minimum atomic E-state index is -7.10. The van der Waals surface area contributed by atoms with E-state index in [2.05, 4.69) is 16.1 Å². The third-order valence-electron chi connectivity index (χ3n) is 3.21. The van der Waals surface area contributed by atoms with Gasteiger partial charge in [0.15, 0.2) is 6.61 Å². The van der Waals surface area contributed by atoms with Crippen molar-refractivity contribution < 1.29 is 80.4 Å². The lowest BCUT2D eigenvalue weighted by molar-refractivity contribution is -0.564. The molecule has 0 aromatic rings. The standard InChI is InChI=1S/C15H16F14O4/c1-8(16)5-3-4-6-9(2)30-7-10(17,18)31-11(19,20)12(21,22)32-13(23,24)14(25,26)33-15(27,28)29/h8H,2-7H2,1H3. The first kappa shape index (κ1) is 31.4. The second-order valence-corrected chi connectivity index (χ2v) is 6.31. The normalized spacial score (nSPS) is 15.5. The Morgan fingerprint density at radius 1 is 0.697 bits per heavy atom. The third-order valence-corrected chi connectivity index (χ3v) is 3.21. The van der Waals surface area contributed by atoms with E-state index in [-0.39, 0.29) is 25.7 Å². The fourth-order valence-corrected chi connectivity index (χ4v) is 1.77. The second-order valence-electron chi connectivity index (χ2n) is 6.31. The topological polar surface area (TPSA) is 36.9 Å².